The molecular formula is C11H10FNO3S2. The number of rotatable bonds is 4. The topological polar surface area (TPSA) is 66.4 Å². The van der Waals surface area contributed by atoms with Crippen LogP contribution in [-0.4, -0.2) is 13.5 Å². The molecule has 0 unspecified atom stereocenters. The molecule has 2 aromatic rings. The van der Waals surface area contributed by atoms with Gasteiger partial charge in [0.25, 0.3) is 10.0 Å². The molecule has 0 saturated carbocycles. The van der Waals surface area contributed by atoms with Crippen molar-refractivity contribution in [3.8, 4) is 0 Å². The van der Waals surface area contributed by atoms with Crippen LogP contribution >= 0.6 is 11.3 Å². The summed E-state index contributed by atoms with van der Waals surface area (Å²) in [6, 6.07) is 6.42. The Hall–Kier alpha value is -1.44. The van der Waals surface area contributed by atoms with Crippen LogP contribution in [0.5, 0.6) is 0 Å². The van der Waals surface area contributed by atoms with Crippen molar-refractivity contribution in [3.63, 3.8) is 0 Å². The van der Waals surface area contributed by atoms with Gasteiger partial charge in [0.15, 0.2) is 0 Å². The van der Waals surface area contributed by atoms with Gasteiger partial charge in [-0.05, 0) is 41.3 Å². The Balaban J connectivity index is 2.24. The molecule has 0 fully saturated rings. The fraction of sp³-hybridized carbons (Fsp3) is 0.0909. The van der Waals surface area contributed by atoms with Crippen molar-refractivity contribution in [2.75, 3.05) is 4.72 Å². The van der Waals surface area contributed by atoms with Crippen molar-refractivity contribution in [3.05, 3.63) is 47.1 Å². The zero-order chi connectivity index (χ0) is 13.2. The molecular weight excluding hydrogens is 277 g/mol. The third-order valence-corrected chi connectivity index (χ3v) is 5.04. The third kappa shape index (κ3) is 2.87. The van der Waals surface area contributed by atoms with Gasteiger partial charge in [-0.25, -0.2) is 12.8 Å². The van der Waals surface area contributed by atoms with E-state index in [1.54, 1.807) is 5.38 Å². The summed E-state index contributed by atoms with van der Waals surface area (Å²) in [6.07, 6.45) is 0. The van der Waals surface area contributed by atoms with E-state index in [2.05, 4.69) is 4.72 Å². The maximum absolute atomic E-state index is 12.7. The number of hydrogen-bond donors (Lipinski definition) is 2. The monoisotopic (exact) mass is 287 g/mol. The van der Waals surface area contributed by atoms with Crippen molar-refractivity contribution >= 4 is 27.0 Å². The Labute approximate surface area is 108 Å². The quantitative estimate of drug-likeness (QED) is 0.905. The minimum absolute atomic E-state index is 0.107. The van der Waals surface area contributed by atoms with E-state index in [0.717, 1.165) is 11.3 Å². The van der Waals surface area contributed by atoms with E-state index in [1.807, 2.05) is 0 Å². The summed E-state index contributed by atoms with van der Waals surface area (Å²) < 4.78 is 39.0. The molecule has 2 rings (SSSR count). The number of nitrogens with one attached hydrogen (secondary N) is 1. The molecule has 1 aromatic heterocycles. The first-order chi connectivity index (χ1) is 8.51. The van der Waals surface area contributed by atoms with Gasteiger partial charge in [0.05, 0.1) is 6.61 Å². The van der Waals surface area contributed by atoms with Gasteiger partial charge in [-0.3, -0.25) is 4.72 Å². The van der Waals surface area contributed by atoms with Crippen LogP contribution in [0, 0.1) is 5.82 Å². The smallest absolute Gasteiger partial charge is 0.271 e. The molecule has 0 spiro atoms. The number of hydrogen-bond acceptors (Lipinski definition) is 4. The van der Waals surface area contributed by atoms with E-state index in [9.17, 15) is 12.8 Å². The summed E-state index contributed by atoms with van der Waals surface area (Å²) >= 11 is 1.02. The van der Waals surface area contributed by atoms with Gasteiger partial charge in [-0.1, -0.05) is 0 Å². The van der Waals surface area contributed by atoms with Crippen molar-refractivity contribution in [2.45, 2.75) is 10.8 Å². The van der Waals surface area contributed by atoms with Crippen molar-refractivity contribution in [2.24, 2.45) is 0 Å². The Morgan fingerprint density at radius 3 is 2.50 bits per heavy atom. The second-order valence-electron chi connectivity index (χ2n) is 3.54. The van der Waals surface area contributed by atoms with E-state index in [-0.39, 0.29) is 16.5 Å². The number of aliphatic hydroxyl groups excluding tert-OH is 1. The van der Waals surface area contributed by atoms with E-state index in [1.165, 1.54) is 30.3 Å². The lowest BCUT2D eigenvalue weighted by Crippen LogP contribution is -2.11. The third-order valence-electron chi connectivity index (χ3n) is 2.17. The van der Waals surface area contributed by atoms with E-state index in [0.29, 0.717) is 5.56 Å². The number of anilines is 1. The number of thiophene rings is 1. The normalized spacial score (nSPS) is 11.4. The maximum Gasteiger partial charge on any atom is 0.271 e. The summed E-state index contributed by atoms with van der Waals surface area (Å²) in [5.41, 5.74) is 0.829. The fourth-order valence-corrected chi connectivity index (χ4v) is 3.56. The number of aliphatic hydroxyl groups is 1. The minimum Gasteiger partial charge on any atom is -0.392 e. The molecule has 96 valence electrons. The van der Waals surface area contributed by atoms with Gasteiger partial charge >= 0.3 is 0 Å². The van der Waals surface area contributed by atoms with E-state index >= 15 is 0 Å². The second kappa shape index (κ2) is 5.05. The van der Waals surface area contributed by atoms with Crippen molar-refractivity contribution in [1.82, 2.24) is 0 Å². The molecule has 0 radical (unpaired) electrons. The van der Waals surface area contributed by atoms with Gasteiger partial charge in [-0.2, -0.15) is 0 Å². The molecule has 0 atom stereocenters. The highest BCUT2D eigenvalue weighted by atomic mass is 32.2. The predicted molar refractivity (Wildman–Crippen MR) is 67.5 cm³/mol. The molecule has 0 aliphatic heterocycles. The first kappa shape index (κ1) is 13.0. The molecule has 0 bridgehead atoms. The van der Waals surface area contributed by atoms with Crippen LogP contribution in [-0.2, 0) is 16.6 Å². The van der Waals surface area contributed by atoms with E-state index in [4.69, 9.17) is 5.11 Å². The van der Waals surface area contributed by atoms with Gasteiger partial charge in [0, 0.05) is 5.69 Å². The first-order valence-corrected chi connectivity index (χ1v) is 7.34. The summed E-state index contributed by atoms with van der Waals surface area (Å²) in [5.74, 6) is -0.434. The van der Waals surface area contributed by atoms with Crippen LogP contribution in [0.1, 0.15) is 5.56 Å². The lowest BCUT2D eigenvalue weighted by Gasteiger charge is -2.05. The Morgan fingerprint density at radius 2 is 1.94 bits per heavy atom. The molecule has 0 aliphatic rings. The Kier molecular flexibility index (Phi) is 3.65. The lowest BCUT2D eigenvalue weighted by atomic mass is 10.3. The summed E-state index contributed by atoms with van der Waals surface area (Å²) in [4.78, 5) is 0. The van der Waals surface area contributed by atoms with Crippen LogP contribution in [0.15, 0.2) is 39.9 Å². The zero-order valence-electron chi connectivity index (χ0n) is 9.13. The highest BCUT2D eigenvalue weighted by Crippen LogP contribution is 2.23. The summed E-state index contributed by atoms with van der Waals surface area (Å²) in [5, 5.41) is 10.5. The molecule has 1 heterocycles. The van der Waals surface area contributed by atoms with Gasteiger partial charge in [0.2, 0.25) is 0 Å². The van der Waals surface area contributed by atoms with Crippen LogP contribution in [0.25, 0.3) is 0 Å². The molecule has 0 amide bonds. The van der Waals surface area contributed by atoms with Crippen molar-refractivity contribution in [1.29, 1.82) is 0 Å². The lowest BCUT2D eigenvalue weighted by molar-refractivity contribution is 0.282. The maximum atomic E-state index is 12.7. The number of sulfonamides is 1. The van der Waals surface area contributed by atoms with Crippen LogP contribution in [0.3, 0.4) is 0 Å². The number of benzene rings is 1. The fourth-order valence-electron chi connectivity index (χ4n) is 1.30. The Bertz CT molecular complexity index is 635. The molecule has 7 heteroatoms. The van der Waals surface area contributed by atoms with Gasteiger partial charge < -0.3 is 5.11 Å². The largest absolute Gasteiger partial charge is 0.392 e. The summed E-state index contributed by atoms with van der Waals surface area (Å²) in [6.45, 7) is -0.206. The SMILES string of the molecule is O=S(=O)(Nc1ccc(F)cc1)c1cc(CO)cs1. The average Bonchev–Trinajstić information content (AvgIpc) is 2.81. The molecule has 0 aliphatic carbocycles. The standard InChI is InChI=1S/C11H10FNO3S2/c12-9-1-3-10(4-2-9)13-18(15,16)11-5-8(6-14)7-17-11/h1-5,7,13-14H,6H2. The molecule has 4 nitrogen and oxygen atoms in total. The van der Waals surface area contributed by atoms with Crippen LogP contribution in [0.4, 0.5) is 10.1 Å². The zero-order valence-corrected chi connectivity index (χ0v) is 10.8. The van der Waals surface area contributed by atoms with Crippen molar-refractivity contribution < 1.29 is 17.9 Å². The van der Waals surface area contributed by atoms with Crippen LogP contribution in [0.2, 0.25) is 0 Å². The predicted octanol–water partition coefficient (Wildman–Crippen LogP) is 2.18. The first-order valence-electron chi connectivity index (χ1n) is 4.98. The molecule has 2 N–H and O–H groups in total. The highest BCUT2D eigenvalue weighted by molar-refractivity contribution is 7.94. The molecule has 18 heavy (non-hydrogen) atoms. The van der Waals surface area contributed by atoms with Gasteiger partial charge in [0.1, 0.15) is 10.0 Å². The minimum atomic E-state index is -3.68. The number of halogens is 1. The average molecular weight is 287 g/mol. The second-order valence-corrected chi connectivity index (χ2v) is 6.36. The molecule has 0 saturated heterocycles. The molecule has 1 aromatic carbocycles. The van der Waals surface area contributed by atoms with Crippen LogP contribution < -0.4 is 4.72 Å². The van der Waals surface area contributed by atoms with E-state index < -0.39 is 15.8 Å². The highest BCUT2D eigenvalue weighted by Gasteiger charge is 2.16. The van der Waals surface area contributed by atoms with Gasteiger partial charge in [-0.15, -0.1) is 11.3 Å². The summed E-state index contributed by atoms with van der Waals surface area (Å²) in [7, 11) is -3.68. The Morgan fingerprint density at radius 1 is 1.28 bits per heavy atom.